The van der Waals surface area contributed by atoms with Crippen molar-refractivity contribution in [2.24, 2.45) is 11.7 Å². The molecule has 1 aliphatic heterocycles. The average molecular weight is 400 g/mol. The summed E-state index contributed by atoms with van der Waals surface area (Å²) in [5.41, 5.74) is 8.35. The van der Waals surface area contributed by atoms with E-state index in [-0.39, 0.29) is 16.8 Å². The quantitative estimate of drug-likeness (QED) is 0.415. The zero-order chi connectivity index (χ0) is 19.9. The minimum Gasteiger partial charge on any atom is -0.507 e. The van der Waals surface area contributed by atoms with E-state index in [2.05, 4.69) is 19.7 Å². The minimum absolute atomic E-state index is 0.164. The van der Waals surface area contributed by atoms with E-state index in [0.29, 0.717) is 5.56 Å². The Morgan fingerprint density at radius 1 is 1.36 bits per heavy atom. The Bertz CT molecular complexity index is 895. The van der Waals surface area contributed by atoms with Crippen LogP contribution in [0, 0.1) is 5.92 Å². The molecule has 0 spiro atoms. The molecule has 4 atom stereocenters. The summed E-state index contributed by atoms with van der Waals surface area (Å²) in [7, 11) is 2.35. The molecular weight excluding hydrogens is 368 g/mol. The lowest BCUT2D eigenvalue weighted by atomic mass is 9.48. The standard InChI is InChI=1S/C23H30N2O2S/c1-14-7-8-23(27)18-11-16-5-6-17(21(24)28)20(26)19(16)22(23,12-14)9-10-25(18,2)13-15-3-4-15/h5-6,15,18,27H,1,3-4,7-13H2,2H3,(H2-,24,26,28)/p+1/t18-,22-,23-,25?/m1/s1. The van der Waals surface area contributed by atoms with E-state index in [1.54, 1.807) is 0 Å². The van der Waals surface area contributed by atoms with Crippen LogP contribution < -0.4 is 5.73 Å². The molecule has 4 aliphatic rings. The number of aliphatic hydroxyl groups is 1. The molecule has 2 bridgehead atoms. The van der Waals surface area contributed by atoms with Crippen LogP contribution in [0.5, 0.6) is 5.75 Å². The van der Waals surface area contributed by atoms with Crippen molar-refractivity contribution in [3.8, 4) is 5.75 Å². The number of nitrogens with zero attached hydrogens (tertiary/aromatic N) is 1. The van der Waals surface area contributed by atoms with Gasteiger partial charge in [0.2, 0.25) is 0 Å². The molecule has 1 heterocycles. The number of quaternary nitrogens is 1. The molecule has 0 radical (unpaired) electrons. The van der Waals surface area contributed by atoms with Crippen LogP contribution >= 0.6 is 12.2 Å². The van der Waals surface area contributed by atoms with Crippen molar-refractivity contribution >= 4 is 17.2 Å². The van der Waals surface area contributed by atoms with Crippen molar-refractivity contribution < 1.29 is 14.7 Å². The summed E-state index contributed by atoms with van der Waals surface area (Å²) in [6, 6.07) is 4.11. The fraction of sp³-hybridized carbons (Fsp3) is 0.609. The zero-order valence-corrected chi connectivity index (χ0v) is 17.5. The van der Waals surface area contributed by atoms with Crippen LogP contribution in [0.25, 0.3) is 0 Å². The highest BCUT2D eigenvalue weighted by molar-refractivity contribution is 7.80. The van der Waals surface area contributed by atoms with Gasteiger partial charge in [-0.1, -0.05) is 30.4 Å². The Hall–Kier alpha value is -1.43. The van der Waals surface area contributed by atoms with Gasteiger partial charge in [-0.25, -0.2) is 0 Å². The van der Waals surface area contributed by atoms with Crippen LogP contribution in [0.1, 0.15) is 55.2 Å². The van der Waals surface area contributed by atoms with Crippen LogP contribution in [0.2, 0.25) is 0 Å². The molecule has 3 fully saturated rings. The molecule has 2 saturated carbocycles. The van der Waals surface area contributed by atoms with Gasteiger partial charge >= 0.3 is 0 Å². The maximum Gasteiger partial charge on any atom is 0.129 e. The number of aromatic hydroxyl groups is 1. The van der Waals surface area contributed by atoms with Gasteiger partial charge in [-0.05, 0) is 43.7 Å². The Labute approximate surface area is 172 Å². The van der Waals surface area contributed by atoms with Gasteiger partial charge in [-0.2, -0.15) is 0 Å². The summed E-state index contributed by atoms with van der Waals surface area (Å²) in [6.07, 6.45) is 6.66. The summed E-state index contributed by atoms with van der Waals surface area (Å²) in [5, 5.41) is 23.5. The smallest absolute Gasteiger partial charge is 0.129 e. The van der Waals surface area contributed by atoms with Gasteiger partial charge in [-0.3, -0.25) is 0 Å². The van der Waals surface area contributed by atoms with Crippen molar-refractivity contribution in [3.63, 3.8) is 0 Å². The van der Waals surface area contributed by atoms with Gasteiger partial charge in [0.1, 0.15) is 22.4 Å². The second-order valence-corrected chi connectivity index (χ2v) is 10.5. The van der Waals surface area contributed by atoms with Crippen molar-refractivity contribution in [1.82, 2.24) is 0 Å². The van der Waals surface area contributed by atoms with E-state index in [0.717, 1.165) is 66.7 Å². The van der Waals surface area contributed by atoms with Crippen LogP contribution in [0.15, 0.2) is 24.3 Å². The molecule has 5 heteroatoms. The first-order valence-electron chi connectivity index (χ1n) is 10.6. The Kier molecular flexibility index (Phi) is 3.85. The molecule has 4 N–H and O–H groups in total. The number of rotatable bonds is 3. The minimum atomic E-state index is -0.824. The van der Waals surface area contributed by atoms with E-state index >= 15 is 0 Å². The number of hydrogen-bond donors (Lipinski definition) is 3. The van der Waals surface area contributed by atoms with Crippen molar-refractivity contribution in [2.75, 3.05) is 20.1 Å². The summed E-state index contributed by atoms with van der Waals surface area (Å²) in [5.74, 6) is 1.00. The molecule has 0 aromatic heterocycles. The third-order valence-corrected chi connectivity index (χ3v) is 8.61. The predicted octanol–water partition coefficient (Wildman–Crippen LogP) is 2.92. The van der Waals surface area contributed by atoms with Gasteiger partial charge in [0.15, 0.2) is 0 Å². The average Bonchev–Trinajstić information content (AvgIpc) is 3.43. The highest BCUT2D eigenvalue weighted by Gasteiger charge is 2.69. The fourth-order valence-electron chi connectivity index (χ4n) is 6.85. The molecule has 150 valence electrons. The summed E-state index contributed by atoms with van der Waals surface area (Å²) in [6.45, 7) is 6.48. The maximum atomic E-state index is 12.3. The Morgan fingerprint density at radius 3 is 2.79 bits per heavy atom. The number of likely N-dealkylation sites (tertiary alicyclic amines) is 1. The molecule has 1 aromatic rings. The molecule has 5 rings (SSSR count). The number of benzene rings is 1. The Morgan fingerprint density at radius 2 is 2.11 bits per heavy atom. The van der Waals surface area contributed by atoms with Gasteiger partial charge in [0.25, 0.3) is 0 Å². The lowest BCUT2D eigenvalue weighted by molar-refractivity contribution is -0.950. The first kappa shape index (κ1) is 18.6. The van der Waals surface area contributed by atoms with Crippen molar-refractivity contribution in [2.45, 2.75) is 62.0 Å². The summed E-state index contributed by atoms with van der Waals surface area (Å²) >= 11 is 5.19. The number of fused-ring (bicyclic) bond motifs is 1. The van der Waals surface area contributed by atoms with E-state index in [1.807, 2.05) is 6.07 Å². The number of phenolic OH excluding ortho intramolecular Hbond substituents is 1. The highest BCUT2D eigenvalue weighted by atomic mass is 32.1. The van der Waals surface area contributed by atoms with E-state index in [4.69, 9.17) is 18.0 Å². The number of thiocarbonyl (C=S) groups is 1. The van der Waals surface area contributed by atoms with Crippen LogP contribution in [-0.4, -0.2) is 51.5 Å². The third kappa shape index (κ3) is 2.33. The number of allylic oxidation sites excluding steroid dienone is 1. The first-order chi connectivity index (χ1) is 13.2. The van der Waals surface area contributed by atoms with Gasteiger partial charge in [0.05, 0.1) is 25.7 Å². The number of phenols is 1. The molecule has 1 unspecified atom stereocenters. The summed E-state index contributed by atoms with van der Waals surface area (Å²) in [4.78, 5) is 0.210. The first-order valence-corrected chi connectivity index (χ1v) is 11.0. The van der Waals surface area contributed by atoms with Gasteiger partial charge in [0, 0.05) is 29.7 Å². The number of hydrogen-bond acceptors (Lipinski definition) is 3. The number of nitrogens with two attached hydrogens (primary N) is 1. The number of piperidine rings is 1. The second kappa shape index (κ2) is 5.80. The van der Waals surface area contributed by atoms with Crippen molar-refractivity contribution in [1.29, 1.82) is 0 Å². The summed E-state index contributed by atoms with van der Waals surface area (Å²) < 4.78 is 0.951. The Balaban J connectivity index is 1.73. The highest BCUT2D eigenvalue weighted by Crippen LogP contribution is 2.62. The second-order valence-electron chi connectivity index (χ2n) is 10.1. The number of likely N-dealkylation sites (N-methyl/N-ethyl adjacent to an activating group) is 1. The third-order valence-electron chi connectivity index (χ3n) is 8.39. The molecule has 1 saturated heterocycles. The van der Waals surface area contributed by atoms with Crippen LogP contribution in [0.3, 0.4) is 0 Å². The maximum absolute atomic E-state index is 12.3. The van der Waals surface area contributed by atoms with Crippen LogP contribution in [-0.2, 0) is 11.8 Å². The largest absolute Gasteiger partial charge is 0.507 e. The monoisotopic (exact) mass is 399 g/mol. The van der Waals surface area contributed by atoms with E-state index < -0.39 is 11.0 Å². The van der Waals surface area contributed by atoms with E-state index in [9.17, 15) is 10.2 Å². The lowest BCUT2D eigenvalue weighted by Gasteiger charge is -2.65. The van der Waals surface area contributed by atoms with Crippen molar-refractivity contribution in [3.05, 3.63) is 41.0 Å². The molecule has 4 nitrogen and oxygen atoms in total. The molecule has 28 heavy (non-hydrogen) atoms. The SMILES string of the molecule is C=C1CC[C@@]2(O)[C@H]3Cc4ccc(C(N)=S)c(O)c4[C@@]2(CC[N+]3(C)CC2CC2)C1. The molecule has 0 amide bonds. The van der Waals surface area contributed by atoms with E-state index in [1.165, 1.54) is 18.4 Å². The lowest BCUT2D eigenvalue weighted by Crippen LogP contribution is -2.78. The topological polar surface area (TPSA) is 66.5 Å². The fourth-order valence-corrected chi connectivity index (χ4v) is 7.02. The van der Waals surface area contributed by atoms with Crippen LogP contribution in [0.4, 0.5) is 0 Å². The van der Waals surface area contributed by atoms with Gasteiger partial charge < -0.3 is 20.4 Å². The molecular formula is C23H31N2O2S+. The molecule has 1 aromatic carbocycles. The zero-order valence-electron chi connectivity index (χ0n) is 16.7. The molecule has 3 aliphatic carbocycles. The normalized spacial score (nSPS) is 39.2. The van der Waals surface area contributed by atoms with Gasteiger partial charge in [-0.15, -0.1) is 0 Å². The predicted molar refractivity (Wildman–Crippen MR) is 114 cm³/mol.